The van der Waals surface area contributed by atoms with Gasteiger partial charge in [-0.1, -0.05) is 30.4 Å². The van der Waals surface area contributed by atoms with Crippen LogP contribution in [0.4, 0.5) is 0 Å². The SMILES string of the molecule is CCNC(=NCC(C)Oc1ccccc1)NCCCN1C(=O)C2C3C=CC(C3)C2C1=O. The summed E-state index contributed by atoms with van der Waals surface area (Å²) in [6, 6.07) is 9.71. The van der Waals surface area contributed by atoms with Crippen LogP contribution in [0.25, 0.3) is 0 Å². The highest BCUT2D eigenvalue weighted by Crippen LogP contribution is 2.52. The third-order valence-corrected chi connectivity index (χ3v) is 6.34. The zero-order valence-electron chi connectivity index (χ0n) is 18.3. The molecule has 5 atom stereocenters. The van der Waals surface area contributed by atoms with Gasteiger partial charge in [-0.05, 0) is 50.7 Å². The number of imide groups is 1. The average Bonchev–Trinajstić information content (AvgIpc) is 3.45. The molecule has 3 aliphatic rings. The highest BCUT2D eigenvalue weighted by Gasteiger charge is 2.58. The number of benzene rings is 1. The first-order chi connectivity index (χ1) is 15.1. The van der Waals surface area contributed by atoms with E-state index in [0.717, 1.165) is 18.7 Å². The Bertz CT molecular complexity index is 824. The van der Waals surface area contributed by atoms with E-state index in [2.05, 4.69) is 27.8 Å². The number of nitrogens with zero attached hydrogens (tertiary/aromatic N) is 2. The summed E-state index contributed by atoms with van der Waals surface area (Å²) in [4.78, 5) is 31.6. The van der Waals surface area contributed by atoms with Crippen LogP contribution in [0, 0.1) is 23.7 Å². The minimum atomic E-state index is -0.111. The van der Waals surface area contributed by atoms with Gasteiger partial charge >= 0.3 is 0 Å². The van der Waals surface area contributed by atoms with Gasteiger partial charge < -0.3 is 15.4 Å². The summed E-state index contributed by atoms with van der Waals surface area (Å²) in [6.07, 6.45) is 5.87. The van der Waals surface area contributed by atoms with Crippen LogP contribution < -0.4 is 15.4 Å². The molecule has 31 heavy (non-hydrogen) atoms. The Morgan fingerprint density at radius 3 is 2.45 bits per heavy atom. The number of guanidine groups is 1. The molecular weight excluding hydrogens is 392 g/mol. The number of para-hydroxylation sites is 1. The number of carbonyl (C=O) groups excluding carboxylic acids is 2. The van der Waals surface area contributed by atoms with Gasteiger partial charge in [0, 0.05) is 19.6 Å². The standard InChI is InChI=1S/C24H32N4O3/c1-3-25-24(27-15-16(2)31-19-8-5-4-6-9-19)26-12-7-13-28-22(29)20-17-10-11-18(14-17)21(20)23(28)30/h4-6,8-11,16-18,20-21H,3,7,12-15H2,1-2H3,(H2,25,26,27). The summed E-state index contributed by atoms with van der Waals surface area (Å²) in [5.41, 5.74) is 0. The first-order valence-electron chi connectivity index (χ1n) is 11.4. The molecular formula is C24H32N4O3. The molecule has 2 fully saturated rings. The van der Waals surface area contributed by atoms with E-state index in [-0.39, 0.29) is 41.6 Å². The highest BCUT2D eigenvalue weighted by molar-refractivity contribution is 6.06. The van der Waals surface area contributed by atoms with Crippen LogP contribution in [0.1, 0.15) is 26.7 Å². The molecule has 2 amide bonds. The van der Waals surface area contributed by atoms with Gasteiger partial charge in [-0.25, -0.2) is 4.99 Å². The Hall–Kier alpha value is -2.83. The molecule has 166 valence electrons. The van der Waals surface area contributed by atoms with Crippen LogP contribution in [0.2, 0.25) is 0 Å². The fourth-order valence-corrected chi connectivity index (χ4v) is 4.96. The smallest absolute Gasteiger partial charge is 0.233 e. The molecule has 5 unspecified atom stereocenters. The molecule has 1 saturated heterocycles. The van der Waals surface area contributed by atoms with Crippen molar-refractivity contribution >= 4 is 17.8 Å². The number of hydrogen-bond acceptors (Lipinski definition) is 4. The van der Waals surface area contributed by atoms with E-state index in [1.165, 1.54) is 4.90 Å². The quantitative estimate of drug-likeness (QED) is 0.209. The van der Waals surface area contributed by atoms with Crippen molar-refractivity contribution in [2.24, 2.45) is 28.7 Å². The number of aliphatic imine (C=N–C) groups is 1. The highest BCUT2D eigenvalue weighted by atomic mass is 16.5. The van der Waals surface area contributed by atoms with Crippen LogP contribution in [-0.2, 0) is 9.59 Å². The van der Waals surface area contributed by atoms with Crippen molar-refractivity contribution < 1.29 is 14.3 Å². The van der Waals surface area contributed by atoms with E-state index >= 15 is 0 Å². The van der Waals surface area contributed by atoms with Crippen molar-refractivity contribution in [1.82, 2.24) is 15.5 Å². The summed E-state index contributed by atoms with van der Waals surface area (Å²) in [6.45, 7) is 6.38. The number of likely N-dealkylation sites (tertiary alicyclic amines) is 1. The molecule has 2 aliphatic carbocycles. The number of carbonyl (C=O) groups is 2. The molecule has 0 aromatic heterocycles. The normalized spacial score (nSPS) is 27.5. The van der Waals surface area contributed by atoms with Crippen LogP contribution in [-0.4, -0.2) is 55.0 Å². The Morgan fingerprint density at radius 1 is 1.13 bits per heavy atom. The molecule has 7 nitrogen and oxygen atoms in total. The Kier molecular flexibility index (Phi) is 6.59. The van der Waals surface area contributed by atoms with Gasteiger partial charge in [0.2, 0.25) is 11.8 Å². The number of fused-ring (bicyclic) bond motifs is 5. The Morgan fingerprint density at radius 2 is 1.81 bits per heavy atom. The maximum atomic E-state index is 12.7. The topological polar surface area (TPSA) is 83.0 Å². The lowest BCUT2D eigenvalue weighted by Gasteiger charge is -2.18. The minimum absolute atomic E-state index is 0.0271. The summed E-state index contributed by atoms with van der Waals surface area (Å²) >= 11 is 0. The largest absolute Gasteiger partial charge is 0.489 e. The third-order valence-electron chi connectivity index (χ3n) is 6.34. The summed E-state index contributed by atoms with van der Waals surface area (Å²) < 4.78 is 5.87. The lowest BCUT2D eigenvalue weighted by atomic mass is 9.85. The van der Waals surface area contributed by atoms with Gasteiger partial charge in [0.05, 0.1) is 18.4 Å². The lowest BCUT2D eigenvalue weighted by Crippen LogP contribution is -2.40. The van der Waals surface area contributed by atoms with Crippen LogP contribution in [0.3, 0.4) is 0 Å². The predicted octanol–water partition coefficient (Wildman–Crippen LogP) is 2.21. The molecule has 2 N–H and O–H groups in total. The van der Waals surface area contributed by atoms with Gasteiger partial charge in [-0.3, -0.25) is 14.5 Å². The minimum Gasteiger partial charge on any atom is -0.489 e. The number of ether oxygens (including phenoxy) is 1. The third kappa shape index (κ3) is 4.60. The average molecular weight is 425 g/mol. The number of allylic oxidation sites excluding steroid dienone is 2. The van der Waals surface area contributed by atoms with Crippen molar-refractivity contribution in [3.05, 3.63) is 42.5 Å². The molecule has 1 heterocycles. The molecule has 4 rings (SSSR count). The first kappa shape index (κ1) is 21.4. The second kappa shape index (κ2) is 9.54. The number of hydrogen-bond donors (Lipinski definition) is 2. The van der Waals surface area contributed by atoms with Gasteiger partial charge in [-0.15, -0.1) is 0 Å². The monoisotopic (exact) mass is 424 g/mol. The summed E-state index contributed by atoms with van der Waals surface area (Å²) in [5, 5.41) is 6.52. The number of amides is 2. The zero-order valence-corrected chi connectivity index (χ0v) is 18.3. The van der Waals surface area contributed by atoms with E-state index in [1.807, 2.05) is 44.2 Å². The Labute approximate surface area is 183 Å². The summed E-state index contributed by atoms with van der Waals surface area (Å²) in [5.74, 6) is 1.91. The first-order valence-corrected chi connectivity index (χ1v) is 11.4. The second-order valence-electron chi connectivity index (χ2n) is 8.57. The maximum Gasteiger partial charge on any atom is 0.233 e. The molecule has 2 bridgehead atoms. The lowest BCUT2D eigenvalue weighted by molar-refractivity contribution is -0.140. The Balaban J connectivity index is 1.22. The van der Waals surface area contributed by atoms with Gasteiger partial charge in [0.25, 0.3) is 0 Å². The molecule has 1 aromatic carbocycles. The van der Waals surface area contributed by atoms with Gasteiger partial charge in [0.15, 0.2) is 5.96 Å². The summed E-state index contributed by atoms with van der Waals surface area (Å²) in [7, 11) is 0. The maximum absolute atomic E-state index is 12.7. The van der Waals surface area contributed by atoms with Crippen molar-refractivity contribution in [2.45, 2.75) is 32.8 Å². The molecule has 1 aromatic rings. The molecule has 7 heteroatoms. The van der Waals surface area contributed by atoms with E-state index < -0.39 is 0 Å². The van der Waals surface area contributed by atoms with E-state index in [4.69, 9.17) is 4.74 Å². The van der Waals surface area contributed by atoms with Crippen LogP contribution >= 0.6 is 0 Å². The number of nitrogens with one attached hydrogen (secondary N) is 2. The zero-order chi connectivity index (χ0) is 21.8. The van der Waals surface area contributed by atoms with E-state index in [0.29, 0.717) is 32.0 Å². The van der Waals surface area contributed by atoms with E-state index in [1.54, 1.807) is 0 Å². The molecule has 0 spiro atoms. The van der Waals surface area contributed by atoms with Crippen molar-refractivity contribution in [3.63, 3.8) is 0 Å². The fourth-order valence-electron chi connectivity index (χ4n) is 4.96. The van der Waals surface area contributed by atoms with Crippen molar-refractivity contribution in [2.75, 3.05) is 26.2 Å². The van der Waals surface area contributed by atoms with Crippen molar-refractivity contribution in [3.8, 4) is 5.75 Å². The second-order valence-corrected chi connectivity index (χ2v) is 8.57. The fraction of sp³-hybridized carbons (Fsp3) is 0.542. The molecule has 1 aliphatic heterocycles. The predicted molar refractivity (Wildman–Crippen MR) is 120 cm³/mol. The van der Waals surface area contributed by atoms with Crippen molar-refractivity contribution in [1.29, 1.82) is 0 Å². The molecule has 0 radical (unpaired) electrons. The van der Waals surface area contributed by atoms with Crippen LogP contribution in [0.5, 0.6) is 5.75 Å². The number of rotatable bonds is 9. The van der Waals surface area contributed by atoms with E-state index in [9.17, 15) is 9.59 Å². The van der Waals surface area contributed by atoms with Gasteiger partial charge in [0.1, 0.15) is 11.9 Å². The molecule has 1 saturated carbocycles. The van der Waals surface area contributed by atoms with Crippen LogP contribution in [0.15, 0.2) is 47.5 Å². The van der Waals surface area contributed by atoms with Gasteiger partial charge in [-0.2, -0.15) is 0 Å².